The van der Waals surface area contributed by atoms with Gasteiger partial charge in [-0.3, -0.25) is 4.79 Å². The molecule has 0 saturated carbocycles. The highest BCUT2D eigenvalue weighted by Gasteiger charge is 2.22. The number of aliphatic hydroxyl groups is 1. The lowest BCUT2D eigenvalue weighted by Gasteiger charge is -2.17. The van der Waals surface area contributed by atoms with Gasteiger partial charge < -0.3 is 20.6 Å². The maximum atomic E-state index is 11.6. The van der Waals surface area contributed by atoms with Crippen molar-refractivity contribution < 1.29 is 9.90 Å². The fourth-order valence-electron chi connectivity index (χ4n) is 3.11. The van der Waals surface area contributed by atoms with Crippen LogP contribution in [-0.2, 0) is 0 Å². The molecule has 1 aliphatic heterocycles. The van der Waals surface area contributed by atoms with Crippen LogP contribution in [0.5, 0.6) is 0 Å². The third-order valence-corrected chi connectivity index (χ3v) is 4.46. The number of pyridine rings is 1. The molecule has 134 valence electrons. The smallest absolute Gasteiger partial charge is 0.251 e. The van der Waals surface area contributed by atoms with Crippen LogP contribution in [0.1, 0.15) is 16.8 Å². The number of amides is 1. The summed E-state index contributed by atoms with van der Waals surface area (Å²) in [4.78, 5) is 18.2. The second kappa shape index (κ2) is 6.64. The molecule has 0 unspecified atom stereocenters. The largest absolute Gasteiger partial charge is 0.391 e. The topological polar surface area (TPSA) is 94.8 Å². The standard InChI is InChI=1S/C18H20N6O2/c1-19-17(26)12-5-7-13(8-6-12)20-18-21-15-3-2-4-16(24(15)22-18)23-10-9-14(25)11-23/h2-8,14,25H,9-11H2,1H3,(H,19,26)(H,20,22)/t14-/m1/s1. The normalized spacial score (nSPS) is 16.8. The molecule has 8 nitrogen and oxygen atoms in total. The van der Waals surface area contributed by atoms with Gasteiger partial charge in [0.2, 0.25) is 5.95 Å². The third kappa shape index (κ3) is 3.06. The van der Waals surface area contributed by atoms with E-state index < -0.39 is 0 Å². The number of rotatable bonds is 4. The summed E-state index contributed by atoms with van der Waals surface area (Å²) < 4.78 is 1.78. The molecule has 2 aromatic heterocycles. The van der Waals surface area contributed by atoms with E-state index in [1.807, 2.05) is 30.3 Å². The fourth-order valence-corrected chi connectivity index (χ4v) is 3.11. The summed E-state index contributed by atoms with van der Waals surface area (Å²) in [6, 6.07) is 12.9. The number of aliphatic hydroxyl groups excluding tert-OH is 1. The number of carbonyl (C=O) groups excluding carboxylic acids is 1. The average Bonchev–Trinajstić information content (AvgIpc) is 3.27. The van der Waals surface area contributed by atoms with Crippen molar-refractivity contribution in [1.82, 2.24) is 19.9 Å². The minimum absolute atomic E-state index is 0.125. The molecule has 0 aliphatic carbocycles. The summed E-state index contributed by atoms with van der Waals surface area (Å²) in [5, 5.41) is 20.1. The zero-order valence-electron chi connectivity index (χ0n) is 14.4. The minimum atomic E-state index is -0.301. The van der Waals surface area contributed by atoms with Gasteiger partial charge in [-0.05, 0) is 42.8 Å². The molecule has 3 N–H and O–H groups in total. The number of anilines is 3. The molecular weight excluding hydrogens is 332 g/mol. The van der Waals surface area contributed by atoms with E-state index in [0.29, 0.717) is 18.1 Å². The molecule has 3 heterocycles. The van der Waals surface area contributed by atoms with Crippen LogP contribution in [0, 0.1) is 0 Å². The Morgan fingerprint density at radius 3 is 2.73 bits per heavy atom. The van der Waals surface area contributed by atoms with E-state index >= 15 is 0 Å². The number of aromatic nitrogens is 3. The molecule has 1 saturated heterocycles. The maximum Gasteiger partial charge on any atom is 0.251 e. The quantitative estimate of drug-likeness (QED) is 0.657. The number of hydrogen-bond acceptors (Lipinski definition) is 6. The molecular formula is C18H20N6O2. The number of fused-ring (bicyclic) bond motifs is 1. The van der Waals surface area contributed by atoms with Gasteiger partial charge in [-0.1, -0.05) is 6.07 Å². The predicted octanol–water partition coefficient (Wildman–Crippen LogP) is 1.40. The molecule has 0 bridgehead atoms. The van der Waals surface area contributed by atoms with Gasteiger partial charge in [0, 0.05) is 31.4 Å². The number of hydrogen-bond donors (Lipinski definition) is 3. The van der Waals surface area contributed by atoms with Crippen LogP contribution in [0.4, 0.5) is 17.5 Å². The van der Waals surface area contributed by atoms with E-state index in [0.717, 1.165) is 30.1 Å². The zero-order chi connectivity index (χ0) is 18.1. The van der Waals surface area contributed by atoms with E-state index in [1.165, 1.54) is 0 Å². The molecule has 4 rings (SSSR count). The second-order valence-corrected chi connectivity index (χ2v) is 6.26. The van der Waals surface area contributed by atoms with Gasteiger partial charge in [0.15, 0.2) is 5.65 Å². The van der Waals surface area contributed by atoms with Gasteiger partial charge in [0.1, 0.15) is 5.82 Å². The summed E-state index contributed by atoms with van der Waals surface area (Å²) >= 11 is 0. The van der Waals surface area contributed by atoms with E-state index in [1.54, 1.807) is 23.7 Å². The molecule has 1 fully saturated rings. The number of carbonyl (C=O) groups is 1. The first-order valence-electron chi connectivity index (χ1n) is 8.52. The van der Waals surface area contributed by atoms with Crippen molar-refractivity contribution in [2.75, 3.05) is 30.4 Å². The van der Waals surface area contributed by atoms with Crippen LogP contribution in [0.2, 0.25) is 0 Å². The Kier molecular flexibility index (Phi) is 4.18. The first kappa shape index (κ1) is 16.3. The van der Waals surface area contributed by atoms with E-state index in [-0.39, 0.29) is 12.0 Å². The van der Waals surface area contributed by atoms with Crippen LogP contribution in [-0.4, -0.2) is 51.9 Å². The first-order valence-corrected chi connectivity index (χ1v) is 8.52. The van der Waals surface area contributed by atoms with Crippen molar-refractivity contribution in [3.63, 3.8) is 0 Å². The van der Waals surface area contributed by atoms with Crippen molar-refractivity contribution in [3.8, 4) is 0 Å². The predicted molar refractivity (Wildman–Crippen MR) is 98.9 cm³/mol. The molecule has 1 aromatic carbocycles. The highest BCUT2D eigenvalue weighted by atomic mass is 16.3. The summed E-state index contributed by atoms with van der Waals surface area (Å²) in [6.07, 6.45) is 0.457. The van der Waals surface area contributed by atoms with Crippen molar-refractivity contribution in [3.05, 3.63) is 48.0 Å². The molecule has 1 amide bonds. The average molecular weight is 352 g/mol. The van der Waals surface area contributed by atoms with Gasteiger partial charge in [-0.2, -0.15) is 9.50 Å². The lowest BCUT2D eigenvalue weighted by Crippen LogP contribution is -2.23. The Balaban J connectivity index is 1.59. The Labute approximate surface area is 150 Å². The maximum absolute atomic E-state index is 11.6. The summed E-state index contributed by atoms with van der Waals surface area (Å²) in [5.41, 5.74) is 2.12. The zero-order valence-corrected chi connectivity index (χ0v) is 14.4. The monoisotopic (exact) mass is 352 g/mol. The summed E-state index contributed by atoms with van der Waals surface area (Å²) in [7, 11) is 1.60. The van der Waals surface area contributed by atoms with Gasteiger partial charge in [-0.25, -0.2) is 0 Å². The first-order chi connectivity index (χ1) is 12.6. The number of β-amino-alcohol motifs (C(OH)–C–C–N with tert-alkyl or cyclic N) is 1. The molecule has 0 radical (unpaired) electrons. The summed E-state index contributed by atoms with van der Waals surface area (Å²) in [6.45, 7) is 1.40. The number of benzene rings is 1. The Morgan fingerprint density at radius 1 is 1.23 bits per heavy atom. The van der Waals surface area contributed by atoms with Crippen LogP contribution in [0.25, 0.3) is 5.65 Å². The highest BCUT2D eigenvalue weighted by Crippen LogP contribution is 2.23. The van der Waals surface area contributed by atoms with Crippen molar-refractivity contribution in [1.29, 1.82) is 0 Å². The van der Waals surface area contributed by atoms with Crippen LogP contribution in [0.15, 0.2) is 42.5 Å². The highest BCUT2D eigenvalue weighted by molar-refractivity contribution is 5.94. The van der Waals surface area contributed by atoms with Crippen LogP contribution in [0.3, 0.4) is 0 Å². The second-order valence-electron chi connectivity index (χ2n) is 6.26. The van der Waals surface area contributed by atoms with E-state index in [9.17, 15) is 9.90 Å². The van der Waals surface area contributed by atoms with Gasteiger partial charge in [-0.15, -0.1) is 5.10 Å². The van der Waals surface area contributed by atoms with E-state index in [4.69, 9.17) is 0 Å². The minimum Gasteiger partial charge on any atom is -0.391 e. The van der Waals surface area contributed by atoms with Gasteiger partial charge >= 0.3 is 0 Å². The number of nitrogens with one attached hydrogen (secondary N) is 2. The number of nitrogens with zero attached hydrogens (tertiary/aromatic N) is 4. The van der Waals surface area contributed by atoms with E-state index in [2.05, 4.69) is 25.6 Å². The van der Waals surface area contributed by atoms with Gasteiger partial charge in [0.05, 0.1) is 6.10 Å². The molecule has 1 atom stereocenters. The Morgan fingerprint density at radius 2 is 2.04 bits per heavy atom. The lowest BCUT2D eigenvalue weighted by atomic mass is 10.2. The molecule has 3 aromatic rings. The fraction of sp³-hybridized carbons (Fsp3) is 0.278. The molecule has 0 spiro atoms. The Hall–Kier alpha value is -3.13. The van der Waals surface area contributed by atoms with Gasteiger partial charge in [0.25, 0.3) is 5.91 Å². The molecule has 8 heteroatoms. The summed E-state index contributed by atoms with van der Waals surface area (Å²) in [5.74, 6) is 1.26. The SMILES string of the molecule is CNC(=O)c1ccc(Nc2nc3cccc(N4CC[C@@H](O)C4)n3n2)cc1. The van der Waals surface area contributed by atoms with Crippen molar-refractivity contribution >= 4 is 29.0 Å². The van der Waals surface area contributed by atoms with Crippen molar-refractivity contribution in [2.24, 2.45) is 0 Å². The van der Waals surface area contributed by atoms with Crippen LogP contribution < -0.4 is 15.5 Å². The lowest BCUT2D eigenvalue weighted by molar-refractivity contribution is 0.0963. The third-order valence-electron chi connectivity index (χ3n) is 4.46. The molecule has 1 aliphatic rings. The van der Waals surface area contributed by atoms with Crippen LogP contribution >= 0.6 is 0 Å². The van der Waals surface area contributed by atoms with Crippen molar-refractivity contribution in [2.45, 2.75) is 12.5 Å². The molecule has 26 heavy (non-hydrogen) atoms. The Bertz CT molecular complexity index is 937.